The molecule has 0 spiro atoms. The zero-order chi connectivity index (χ0) is 31.7. The predicted octanol–water partition coefficient (Wildman–Crippen LogP) is 11.1. The van der Waals surface area contributed by atoms with Gasteiger partial charge in [-0.15, -0.1) is 0 Å². The van der Waals surface area contributed by atoms with Gasteiger partial charge in [0.15, 0.2) is 23.0 Å². The third-order valence-electron chi connectivity index (χ3n) is 6.35. The van der Waals surface area contributed by atoms with Crippen LogP contribution < -0.4 is 19.7 Å². The maximum atomic E-state index is 11.7. The van der Waals surface area contributed by atoms with Crippen LogP contribution in [0.4, 0.5) is 11.4 Å². The van der Waals surface area contributed by atoms with Crippen molar-refractivity contribution in [3.05, 3.63) is 88.8 Å². The summed E-state index contributed by atoms with van der Waals surface area (Å²) in [5, 5.41) is 22.0. The molecule has 0 saturated heterocycles. The molecule has 5 rings (SSSR count). The number of aryl methyl sites for hydroxylation is 4. The second kappa shape index (κ2) is 14.8. The monoisotopic (exact) mass is 754 g/mol. The number of benzene rings is 4. The van der Waals surface area contributed by atoms with Crippen molar-refractivity contribution in [3.8, 4) is 34.5 Å². The van der Waals surface area contributed by atoms with E-state index >= 15 is 0 Å². The van der Waals surface area contributed by atoms with Crippen molar-refractivity contribution >= 4 is 92.9 Å². The Balaban J connectivity index is 0.000000235. The fraction of sp³-hybridized carbons (Fsp3) is 0.161. The third kappa shape index (κ3) is 7.21. The molecule has 0 aromatic heterocycles. The number of halogens is 6. The minimum absolute atomic E-state index is 0. The fourth-order valence-corrected chi connectivity index (χ4v) is 5.44. The van der Waals surface area contributed by atoms with Crippen molar-refractivity contribution in [1.82, 2.24) is 0 Å². The van der Waals surface area contributed by atoms with Crippen LogP contribution in [0.3, 0.4) is 0 Å². The van der Waals surface area contributed by atoms with Crippen molar-refractivity contribution in [1.29, 1.82) is 0 Å². The van der Waals surface area contributed by atoms with Crippen molar-refractivity contribution in [2.75, 3.05) is 0 Å². The van der Waals surface area contributed by atoms with E-state index in [2.05, 4.69) is 69.1 Å². The zero-order valence-corrected chi connectivity index (χ0v) is 29.2. The quantitative estimate of drug-likeness (QED) is 0.0793. The van der Waals surface area contributed by atoms with Crippen LogP contribution in [0.1, 0.15) is 29.2 Å². The van der Waals surface area contributed by atoms with Crippen molar-refractivity contribution in [2.45, 2.75) is 34.6 Å². The number of ether oxygens (including phenoxy) is 2. The molecule has 13 heteroatoms. The summed E-state index contributed by atoms with van der Waals surface area (Å²) in [6.07, 6.45) is 1.85. The van der Waals surface area contributed by atoms with Crippen LogP contribution in [0.2, 0.25) is 30.1 Å². The Kier molecular flexibility index (Phi) is 12.2. The van der Waals surface area contributed by atoms with E-state index in [1.54, 1.807) is 0 Å². The molecule has 1 aliphatic rings. The van der Waals surface area contributed by atoms with Gasteiger partial charge in [-0.3, -0.25) is 9.98 Å². The fourth-order valence-electron chi connectivity index (χ4n) is 4.12. The maximum Gasteiger partial charge on any atom is 2.00 e. The summed E-state index contributed by atoms with van der Waals surface area (Å²) in [7, 11) is 0. The first-order valence-electron chi connectivity index (χ1n) is 12.6. The SMILES string of the molecule is CC(C=Nc1c(C)cccc1C)=Nc1c(C)cccc1C.[Ni+2].[O-]c1c([O-])c(Cl)c2c(c1Cl)Oc1c(Cl)c(Cl)c(Cl)c(Cl)c1O2. The zero-order valence-electron chi connectivity index (χ0n) is 23.7. The van der Waals surface area contributed by atoms with Gasteiger partial charge in [0, 0.05) is 6.21 Å². The molecule has 0 bridgehead atoms. The standard InChI is InChI=1S/C19H22N2.C12H2Cl6O4.Ni/c1-13-8-6-9-14(2)18(13)20-12-17(5)21-19-15(3)10-7-11-16(19)4;13-1-2(14)4(16)10-9(3(1)15)21-11-5(17)7(19)8(20)6(18)12(11)22-10;/h6-12H,1-5H3;19-20H;/q;;+2/p-2. The van der Waals surface area contributed by atoms with Gasteiger partial charge in [-0.05, 0) is 56.9 Å². The minimum atomic E-state index is -1.03. The van der Waals surface area contributed by atoms with Crippen molar-refractivity contribution in [3.63, 3.8) is 0 Å². The van der Waals surface area contributed by atoms with E-state index < -0.39 is 21.5 Å². The normalized spacial score (nSPS) is 11.9. The molecular weight excluding hydrogens is 736 g/mol. The molecule has 0 saturated carbocycles. The van der Waals surface area contributed by atoms with E-state index in [-0.39, 0.29) is 59.6 Å². The number of fused-ring (bicyclic) bond motifs is 2. The van der Waals surface area contributed by atoms with Crippen LogP contribution in [-0.2, 0) is 16.5 Å². The van der Waals surface area contributed by atoms with Crippen LogP contribution in [0, 0.1) is 27.7 Å². The molecule has 0 fully saturated rings. The van der Waals surface area contributed by atoms with Crippen LogP contribution in [0.15, 0.2) is 46.4 Å². The first-order chi connectivity index (χ1) is 20.2. The van der Waals surface area contributed by atoms with E-state index in [1.165, 1.54) is 22.3 Å². The summed E-state index contributed by atoms with van der Waals surface area (Å²) in [5.41, 5.74) is 7.74. The Morgan fingerprint density at radius 1 is 0.591 bits per heavy atom. The Hall–Kier alpha value is -2.35. The van der Waals surface area contributed by atoms with E-state index in [0.29, 0.717) is 0 Å². The van der Waals surface area contributed by atoms with Gasteiger partial charge in [-0.1, -0.05) is 118 Å². The van der Waals surface area contributed by atoms with Crippen molar-refractivity contribution < 1.29 is 36.2 Å². The Labute approximate surface area is 295 Å². The summed E-state index contributed by atoms with van der Waals surface area (Å²) in [4.78, 5) is 9.30. The van der Waals surface area contributed by atoms with E-state index in [4.69, 9.17) is 84.1 Å². The molecular formula is C31H22Cl6N2NiO4. The molecule has 0 atom stereocenters. The third-order valence-corrected chi connectivity index (χ3v) is 8.80. The average Bonchev–Trinajstić information content (AvgIpc) is 2.98. The molecule has 44 heavy (non-hydrogen) atoms. The summed E-state index contributed by atoms with van der Waals surface area (Å²) < 4.78 is 10.9. The summed E-state index contributed by atoms with van der Waals surface area (Å²) in [6.45, 7) is 10.3. The first-order valence-corrected chi connectivity index (χ1v) is 14.8. The predicted molar refractivity (Wildman–Crippen MR) is 175 cm³/mol. The number of rotatable bonds is 3. The second-order valence-corrected chi connectivity index (χ2v) is 11.8. The number of hydrogen-bond donors (Lipinski definition) is 0. The number of para-hydroxylation sites is 2. The summed E-state index contributed by atoms with van der Waals surface area (Å²) in [5.74, 6) is -2.74. The Morgan fingerprint density at radius 2 is 0.932 bits per heavy atom. The first kappa shape index (κ1) is 36.1. The van der Waals surface area contributed by atoms with Gasteiger partial charge >= 0.3 is 16.5 Å². The van der Waals surface area contributed by atoms with Crippen LogP contribution >= 0.6 is 69.6 Å². The van der Waals surface area contributed by atoms with Crippen LogP contribution in [0.5, 0.6) is 34.5 Å². The molecule has 1 aliphatic heterocycles. The van der Waals surface area contributed by atoms with Crippen LogP contribution in [-0.4, -0.2) is 11.9 Å². The number of nitrogens with zero attached hydrogens (tertiary/aromatic N) is 2. The number of aliphatic imine (C=N–C) groups is 2. The maximum absolute atomic E-state index is 11.7. The van der Waals surface area contributed by atoms with Gasteiger partial charge in [0.1, 0.15) is 10.0 Å². The Bertz CT molecular complexity index is 1650. The van der Waals surface area contributed by atoms with E-state index in [1.807, 2.05) is 13.1 Å². The van der Waals surface area contributed by atoms with Crippen molar-refractivity contribution in [2.24, 2.45) is 9.98 Å². The molecule has 4 aromatic rings. The van der Waals surface area contributed by atoms with Gasteiger partial charge in [-0.25, -0.2) is 0 Å². The molecule has 4 aromatic carbocycles. The number of hydrogen-bond acceptors (Lipinski definition) is 6. The molecule has 0 aliphatic carbocycles. The van der Waals surface area contributed by atoms with Gasteiger partial charge in [0.05, 0.1) is 37.2 Å². The molecule has 0 unspecified atom stereocenters. The molecule has 1 heterocycles. The second-order valence-electron chi connectivity index (χ2n) is 9.55. The molecule has 0 N–H and O–H groups in total. The molecule has 0 amide bonds. The average molecular weight is 758 g/mol. The molecule has 6 nitrogen and oxygen atoms in total. The molecule has 232 valence electrons. The minimum Gasteiger partial charge on any atom is -0.872 e. The van der Waals surface area contributed by atoms with E-state index in [9.17, 15) is 10.2 Å². The van der Waals surface area contributed by atoms with Crippen LogP contribution in [0.25, 0.3) is 0 Å². The van der Waals surface area contributed by atoms with E-state index in [0.717, 1.165) is 17.1 Å². The van der Waals surface area contributed by atoms with Gasteiger partial charge in [0.2, 0.25) is 0 Å². The summed E-state index contributed by atoms with van der Waals surface area (Å²) >= 11 is 35.5. The smallest absolute Gasteiger partial charge is 0.872 e. The largest absolute Gasteiger partial charge is 2.00 e. The molecule has 0 radical (unpaired) electrons. The topological polar surface area (TPSA) is 89.3 Å². The van der Waals surface area contributed by atoms with Gasteiger partial charge < -0.3 is 19.7 Å². The van der Waals surface area contributed by atoms with Gasteiger partial charge in [0.25, 0.3) is 0 Å². The van der Waals surface area contributed by atoms with Gasteiger partial charge in [-0.2, -0.15) is 0 Å². The Morgan fingerprint density at radius 3 is 1.32 bits per heavy atom. The summed E-state index contributed by atoms with van der Waals surface area (Å²) in [6, 6.07) is 12.4.